The zero-order chi connectivity index (χ0) is 58.4. The molecule has 21 heteroatoms. The van der Waals surface area contributed by atoms with Crippen LogP contribution in [-0.4, -0.2) is 165 Å². The Morgan fingerprint density at radius 2 is 1.74 bits per heavy atom. The van der Waals surface area contributed by atoms with Gasteiger partial charge in [-0.25, -0.2) is 4.79 Å². The Morgan fingerprint density at radius 1 is 1.00 bits per heavy atom. The predicted octanol–water partition coefficient (Wildman–Crippen LogP) is 6.09. The molecule has 14 atom stereocenters. The van der Waals surface area contributed by atoms with Crippen molar-refractivity contribution in [1.29, 1.82) is 0 Å². The van der Waals surface area contributed by atoms with E-state index in [1.54, 1.807) is 57.5 Å². The number of aromatic nitrogens is 2. The third-order valence-electron chi connectivity index (χ3n) is 16.1. The minimum absolute atomic E-state index is 0.00274. The highest BCUT2D eigenvalue weighted by atomic mass is 35.5. The van der Waals surface area contributed by atoms with Crippen molar-refractivity contribution in [3.05, 3.63) is 87.3 Å². The number of likely N-dealkylation sites (N-methyl/N-ethyl adjacent to an activating group) is 1. The number of rotatable bonds is 18. The van der Waals surface area contributed by atoms with Crippen molar-refractivity contribution >= 4 is 69.0 Å². The maximum atomic E-state index is 14.6. The lowest BCUT2D eigenvalue weighted by Crippen LogP contribution is -2.60. The lowest BCUT2D eigenvalue weighted by atomic mass is 9.78. The number of esters is 2. The number of pyridine rings is 2. The van der Waals surface area contributed by atoms with Gasteiger partial charge in [-0.2, -0.15) is 0 Å². The van der Waals surface area contributed by atoms with Gasteiger partial charge in [-0.05, 0) is 111 Å². The smallest absolute Gasteiger partial charge is 0.341 e. The van der Waals surface area contributed by atoms with E-state index in [-0.39, 0.29) is 61.6 Å². The fourth-order valence-corrected chi connectivity index (χ4v) is 11.6. The first-order chi connectivity index (χ1) is 37.9. The number of fused-ring (bicyclic) bond motifs is 2. The topological polar surface area (TPSA) is 270 Å². The number of aliphatic hydroxyl groups excluding tert-OH is 2. The summed E-state index contributed by atoms with van der Waals surface area (Å²) in [4.78, 5) is 74.5. The summed E-state index contributed by atoms with van der Waals surface area (Å²) in [5.41, 5.74) is -1.79. The second-order valence-corrected chi connectivity index (χ2v) is 23.1. The monoisotopic (exact) mass is 1130 g/mol. The average molecular weight is 1130 g/mol. The van der Waals surface area contributed by atoms with E-state index >= 15 is 0 Å². The van der Waals surface area contributed by atoms with Crippen LogP contribution in [0.2, 0.25) is 5.02 Å². The Labute approximate surface area is 472 Å². The third-order valence-corrected chi connectivity index (χ3v) is 16.4. The molecule has 3 aliphatic rings. The van der Waals surface area contributed by atoms with Gasteiger partial charge in [0.1, 0.15) is 29.5 Å². The number of aromatic carboxylic acids is 1. The van der Waals surface area contributed by atoms with E-state index in [2.05, 4.69) is 20.9 Å². The first-order valence-corrected chi connectivity index (χ1v) is 28.2. The number of cyclic esters (lactones) is 1. The number of ether oxygens (including phenoxy) is 5. The summed E-state index contributed by atoms with van der Waals surface area (Å²) in [7, 11) is 3.71. The van der Waals surface area contributed by atoms with Crippen molar-refractivity contribution in [2.75, 3.05) is 45.7 Å². The van der Waals surface area contributed by atoms with Gasteiger partial charge >= 0.3 is 17.9 Å². The van der Waals surface area contributed by atoms with E-state index in [0.717, 1.165) is 29.3 Å². The van der Waals surface area contributed by atoms with Crippen LogP contribution in [0.3, 0.4) is 0 Å². The standard InChI is InChI=1S/C59H81ClN6O14/c1-11-47-59(8,75)52(70)36(6)54(71)64-32(2)30-58(7,76-26-14-16-37-15-12-18-43-39(37)17-13-22-62-43)53(80-57-50(69)46(65(9)10)27-33(3)77-57)34(4)51(35(5)56(74)78-47)79-48(67)21-23-61-24-25-63-44-28-40-45(29-42(44)60)66(38-19-20-38)31-41(49(40)68)55(72)73/h12-18,22,28-29,31-36,38,46-47,50-53,57,61,63,69-70,75H,11,19-21,23-27,30H2,1-10H3,(H,64,71)(H,72,73)/b16-14+/t32-,33-,34+,35-,36-,46+,47-,50-,51+,52-,53-,57+,58-,59-/m1/s1. The van der Waals surface area contributed by atoms with Crippen molar-refractivity contribution in [1.82, 2.24) is 25.1 Å². The largest absolute Gasteiger partial charge is 0.477 e. The lowest BCUT2D eigenvalue weighted by molar-refractivity contribution is -0.302. The first-order valence-electron chi connectivity index (χ1n) is 27.8. The zero-order valence-corrected chi connectivity index (χ0v) is 48.3. The van der Waals surface area contributed by atoms with Gasteiger partial charge in [-0.3, -0.25) is 24.2 Å². The summed E-state index contributed by atoms with van der Waals surface area (Å²) in [5, 5.41) is 56.2. The van der Waals surface area contributed by atoms with Crippen molar-refractivity contribution in [3.63, 3.8) is 0 Å². The molecule has 1 saturated carbocycles. The molecule has 1 aliphatic carbocycles. The van der Waals surface area contributed by atoms with Crippen LogP contribution in [0.1, 0.15) is 116 Å². The van der Waals surface area contributed by atoms with E-state index in [9.17, 15) is 44.4 Å². The van der Waals surface area contributed by atoms with Crippen LogP contribution in [0.5, 0.6) is 0 Å². The van der Waals surface area contributed by atoms with Crippen molar-refractivity contribution in [2.24, 2.45) is 17.8 Å². The molecule has 3 fully saturated rings. The predicted molar refractivity (Wildman–Crippen MR) is 303 cm³/mol. The number of anilines is 1. The van der Waals surface area contributed by atoms with Crippen LogP contribution in [0.4, 0.5) is 5.69 Å². The van der Waals surface area contributed by atoms with Gasteiger partial charge < -0.3 is 69.5 Å². The van der Waals surface area contributed by atoms with Gasteiger partial charge in [0.25, 0.3) is 0 Å². The summed E-state index contributed by atoms with van der Waals surface area (Å²) in [6.45, 7) is 13.9. The van der Waals surface area contributed by atoms with E-state index < -0.39 is 101 Å². The molecule has 438 valence electrons. The number of hydrogen-bond donors (Lipinski definition) is 7. The highest BCUT2D eigenvalue weighted by Crippen LogP contribution is 2.41. The molecule has 4 heterocycles. The third kappa shape index (κ3) is 14.4. The average Bonchev–Trinajstić information content (AvgIpc) is 4.26. The Balaban J connectivity index is 1.18. The Hall–Kier alpha value is -5.55. The second kappa shape index (κ2) is 26.6. The second-order valence-electron chi connectivity index (χ2n) is 22.7. The zero-order valence-electron chi connectivity index (χ0n) is 47.5. The Kier molecular flexibility index (Phi) is 20.6. The van der Waals surface area contributed by atoms with E-state index in [1.165, 1.54) is 20.0 Å². The minimum Gasteiger partial charge on any atom is -0.477 e. The number of aliphatic hydroxyl groups is 3. The number of carbonyl (C=O) groups excluding carboxylic acids is 3. The van der Waals surface area contributed by atoms with Gasteiger partial charge in [-0.15, -0.1) is 0 Å². The van der Waals surface area contributed by atoms with Crippen LogP contribution in [0.25, 0.3) is 27.9 Å². The molecule has 80 heavy (non-hydrogen) atoms. The molecule has 0 spiro atoms. The van der Waals surface area contributed by atoms with Crippen LogP contribution < -0.4 is 21.4 Å². The number of benzene rings is 2. The van der Waals surface area contributed by atoms with Gasteiger partial charge in [-0.1, -0.05) is 62.7 Å². The summed E-state index contributed by atoms with van der Waals surface area (Å²) in [6.07, 6.45) is 0.777. The molecule has 0 unspecified atom stereocenters. The molecule has 0 bridgehead atoms. The van der Waals surface area contributed by atoms with Gasteiger partial charge in [0, 0.05) is 66.8 Å². The number of nitrogens with zero attached hydrogens (tertiary/aromatic N) is 3. The van der Waals surface area contributed by atoms with Crippen molar-refractivity contribution < 1.29 is 63.3 Å². The molecule has 0 radical (unpaired) electrons. The van der Waals surface area contributed by atoms with Crippen molar-refractivity contribution in [2.45, 2.75) is 166 Å². The fourth-order valence-electron chi connectivity index (χ4n) is 11.4. The molecule has 4 aromatic rings. The van der Waals surface area contributed by atoms with Crippen LogP contribution in [0.15, 0.2) is 65.7 Å². The summed E-state index contributed by atoms with van der Waals surface area (Å²) < 4.78 is 34.6. The van der Waals surface area contributed by atoms with E-state index in [1.807, 2.05) is 68.4 Å². The summed E-state index contributed by atoms with van der Waals surface area (Å²) in [5.74, 6) is -6.80. The molecule has 2 aromatic carbocycles. The SMILES string of the molecule is CC[C@H]1OC(=O)[C@H](C)[C@@H](OC(=O)CCNCCNc2cc3c(=O)c(C(=O)O)cn(C4CC4)c3cc2Cl)[C@H](C)[C@@H](O[C@@H]2O[C@H](C)C[C@H](N(C)C)[C@H]2O)[C@](C)(OC/C=C/c2cccc3ncccc23)C[C@@H](C)NC(=O)[C@H](C)[C@@H](O)[C@]1(C)O. The van der Waals surface area contributed by atoms with E-state index in [0.29, 0.717) is 35.7 Å². The normalized spacial score (nSPS) is 31.1. The maximum absolute atomic E-state index is 14.6. The molecule has 2 saturated heterocycles. The molecule has 2 aliphatic heterocycles. The Morgan fingerprint density at radius 3 is 2.42 bits per heavy atom. The van der Waals surface area contributed by atoms with Crippen LogP contribution >= 0.6 is 11.6 Å². The highest BCUT2D eigenvalue weighted by Gasteiger charge is 2.52. The summed E-state index contributed by atoms with van der Waals surface area (Å²) in [6, 6.07) is 11.8. The number of hydrogen-bond acceptors (Lipinski definition) is 17. The number of nitrogens with one attached hydrogen (secondary N) is 3. The molecule has 20 nitrogen and oxygen atoms in total. The minimum atomic E-state index is -2.10. The number of carbonyl (C=O) groups is 4. The number of carboxylic acid groups (broad SMARTS) is 1. The van der Waals surface area contributed by atoms with Crippen LogP contribution in [-0.2, 0) is 38.1 Å². The molecule has 1 amide bonds. The highest BCUT2D eigenvalue weighted by molar-refractivity contribution is 6.34. The number of carboxylic acids is 1. The van der Waals surface area contributed by atoms with Crippen molar-refractivity contribution in [3.8, 4) is 0 Å². The molecule has 2 aromatic heterocycles. The summed E-state index contributed by atoms with van der Waals surface area (Å²) >= 11 is 6.69. The first kappa shape index (κ1) is 62.1. The fraction of sp³-hybridized carbons (Fsp3) is 0.593. The Bertz CT molecular complexity index is 2930. The quantitative estimate of drug-likeness (QED) is 0.0439. The van der Waals surface area contributed by atoms with Gasteiger partial charge in [0.15, 0.2) is 6.29 Å². The molecular weight excluding hydrogens is 1050 g/mol. The van der Waals surface area contributed by atoms with Crippen LogP contribution in [0, 0.1) is 17.8 Å². The van der Waals surface area contributed by atoms with Gasteiger partial charge in [0.2, 0.25) is 11.3 Å². The molecule has 7 rings (SSSR count). The van der Waals surface area contributed by atoms with E-state index in [4.69, 9.17) is 35.3 Å². The number of amides is 1. The number of halogens is 1. The lowest BCUT2D eigenvalue weighted by Gasteiger charge is -2.48. The molecule has 7 N–H and O–H groups in total. The molecular formula is C59H81ClN6O14. The van der Waals surface area contributed by atoms with Gasteiger partial charge in [0.05, 0.1) is 70.5 Å². The maximum Gasteiger partial charge on any atom is 0.341 e.